The second kappa shape index (κ2) is 8.02. The Morgan fingerprint density at radius 1 is 1.21 bits per heavy atom. The van der Waals surface area contributed by atoms with E-state index in [1.807, 2.05) is 6.07 Å². The molecule has 0 spiro atoms. The summed E-state index contributed by atoms with van der Waals surface area (Å²) < 4.78 is 5.35. The van der Waals surface area contributed by atoms with Crippen molar-refractivity contribution in [3.8, 4) is 5.75 Å². The van der Waals surface area contributed by atoms with Crippen LogP contribution in [0.1, 0.15) is 31.2 Å². The molecular formula is C22H26ClN3O2. The van der Waals surface area contributed by atoms with Crippen molar-refractivity contribution in [2.75, 3.05) is 18.2 Å². The van der Waals surface area contributed by atoms with Crippen LogP contribution < -0.4 is 15.8 Å². The molecule has 6 heteroatoms. The molecule has 0 radical (unpaired) electrons. The number of methoxy groups -OCH3 is 1. The van der Waals surface area contributed by atoms with Crippen LogP contribution in [-0.4, -0.2) is 30.0 Å². The van der Waals surface area contributed by atoms with Crippen molar-refractivity contribution in [1.29, 1.82) is 0 Å². The number of hydrogen-bond acceptors (Lipinski definition) is 4. The number of benzene rings is 2. The first kappa shape index (κ1) is 19.1. The summed E-state index contributed by atoms with van der Waals surface area (Å²) in [6, 6.07) is 14.8. The topological polar surface area (TPSA) is 67.6 Å². The van der Waals surface area contributed by atoms with Crippen LogP contribution in [0.15, 0.2) is 42.5 Å². The van der Waals surface area contributed by atoms with Crippen LogP contribution in [0.2, 0.25) is 5.02 Å². The lowest BCUT2D eigenvalue weighted by Gasteiger charge is -2.38. The Balaban J connectivity index is 1.43. The molecule has 2 saturated heterocycles. The number of hydrogen-bond donors (Lipinski definition) is 2. The highest BCUT2D eigenvalue weighted by atomic mass is 35.5. The third kappa shape index (κ3) is 3.82. The van der Waals surface area contributed by atoms with E-state index in [4.69, 9.17) is 22.1 Å². The van der Waals surface area contributed by atoms with Crippen molar-refractivity contribution < 1.29 is 9.53 Å². The van der Waals surface area contributed by atoms with Crippen molar-refractivity contribution in [1.82, 2.24) is 4.90 Å². The van der Waals surface area contributed by atoms with Crippen molar-refractivity contribution >= 4 is 28.9 Å². The monoisotopic (exact) mass is 399 g/mol. The van der Waals surface area contributed by atoms with Crippen molar-refractivity contribution in [3.63, 3.8) is 0 Å². The first-order chi connectivity index (χ1) is 13.5. The van der Waals surface area contributed by atoms with Crippen LogP contribution in [0.4, 0.5) is 11.4 Å². The van der Waals surface area contributed by atoms with Gasteiger partial charge in [-0.2, -0.15) is 0 Å². The van der Waals surface area contributed by atoms with Gasteiger partial charge in [-0.1, -0.05) is 41.9 Å². The van der Waals surface area contributed by atoms with Gasteiger partial charge in [0.05, 0.1) is 23.5 Å². The molecule has 148 valence electrons. The third-order valence-electron chi connectivity index (χ3n) is 6.04. The van der Waals surface area contributed by atoms with E-state index in [1.54, 1.807) is 19.2 Å². The van der Waals surface area contributed by atoms with E-state index >= 15 is 0 Å². The second-order valence-electron chi connectivity index (χ2n) is 7.77. The van der Waals surface area contributed by atoms with Gasteiger partial charge in [0.25, 0.3) is 0 Å². The van der Waals surface area contributed by atoms with Crippen LogP contribution in [0, 0.1) is 5.92 Å². The number of piperidine rings is 1. The van der Waals surface area contributed by atoms with E-state index in [-0.39, 0.29) is 11.8 Å². The first-order valence-corrected chi connectivity index (χ1v) is 10.2. The minimum atomic E-state index is 0.00515. The van der Waals surface area contributed by atoms with E-state index in [9.17, 15) is 4.79 Å². The van der Waals surface area contributed by atoms with Crippen LogP contribution in [0.3, 0.4) is 0 Å². The Labute approximate surface area is 170 Å². The molecule has 0 aliphatic carbocycles. The lowest BCUT2D eigenvalue weighted by Crippen LogP contribution is -2.45. The summed E-state index contributed by atoms with van der Waals surface area (Å²) in [5.74, 6) is 0.570. The molecule has 0 saturated carbocycles. The lowest BCUT2D eigenvalue weighted by atomic mass is 9.89. The van der Waals surface area contributed by atoms with Gasteiger partial charge in [-0.25, -0.2) is 0 Å². The summed E-state index contributed by atoms with van der Waals surface area (Å²) in [6.45, 7) is 0.964. The van der Waals surface area contributed by atoms with Crippen molar-refractivity contribution in [3.05, 3.63) is 53.1 Å². The van der Waals surface area contributed by atoms with Gasteiger partial charge in [0.1, 0.15) is 5.75 Å². The number of anilines is 2. The summed E-state index contributed by atoms with van der Waals surface area (Å²) in [5, 5.41) is 3.42. The summed E-state index contributed by atoms with van der Waals surface area (Å²) in [7, 11) is 1.56. The zero-order valence-electron chi connectivity index (χ0n) is 16.0. The van der Waals surface area contributed by atoms with Crippen LogP contribution in [0.25, 0.3) is 0 Å². The molecule has 2 unspecified atom stereocenters. The summed E-state index contributed by atoms with van der Waals surface area (Å²) in [5.41, 5.74) is 8.18. The molecule has 2 fully saturated rings. The smallest absolute Gasteiger partial charge is 0.227 e. The third-order valence-corrected chi connectivity index (χ3v) is 6.37. The van der Waals surface area contributed by atoms with Gasteiger partial charge < -0.3 is 15.8 Å². The predicted octanol–water partition coefficient (Wildman–Crippen LogP) is 4.31. The summed E-state index contributed by atoms with van der Waals surface area (Å²) in [6.07, 6.45) is 4.11. The fourth-order valence-corrected chi connectivity index (χ4v) is 4.77. The molecule has 2 bridgehead atoms. The number of halogens is 1. The molecule has 2 aliphatic heterocycles. The maximum Gasteiger partial charge on any atom is 0.227 e. The highest BCUT2D eigenvalue weighted by Gasteiger charge is 2.42. The number of nitrogens with two attached hydrogens (primary N) is 1. The molecular weight excluding hydrogens is 374 g/mol. The zero-order chi connectivity index (χ0) is 19.7. The standard InChI is InChI=1S/C22H26ClN3O2/c1-28-21-12-19(24)18(23)11-20(21)25-22(27)15-9-16-7-8-17(10-15)26(16)13-14-5-3-2-4-6-14/h2-6,11-12,15-17H,7-10,13,24H2,1H3,(H,25,27). The van der Waals surface area contributed by atoms with Gasteiger partial charge >= 0.3 is 0 Å². The number of rotatable bonds is 5. The Kier molecular flexibility index (Phi) is 5.47. The highest BCUT2D eigenvalue weighted by molar-refractivity contribution is 6.33. The number of carbonyl (C=O) groups excluding carboxylic acids is 1. The number of ether oxygens (including phenoxy) is 1. The van der Waals surface area contributed by atoms with E-state index in [1.165, 1.54) is 5.56 Å². The van der Waals surface area contributed by atoms with Crippen LogP contribution in [0.5, 0.6) is 5.75 Å². The van der Waals surface area contributed by atoms with E-state index < -0.39 is 0 Å². The largest absolute Gasteiger partial charge is 0.494 e. The fourth-order valence-electron chi connectivity index (χ4n) is 4.61. The maximum absolute atomic E-state index is 13.0. The van der Waals surface area contributed by atoms with Crippen LogP contribution in [-0.2, 0) is 11.3 Å². The van der Waals surface area contributed by atoms with E-state index in [0.29, 0.717) is 34.2 Å². The number of nitrogen functional groups attached to an aromatic ring is 1. The molecule has 2 aromatic rings. The Morgan fingerprint density at radius 2 is 1.89 bits per heavy atom. The molecule has 5 nitrogen and oxygen atoms in total. The molecule has 0 aromatic heterocycles. The number of fused-ring (bicyclic) bond motifs is 2. The van der Waals surface area contributed by atoms with Gasteiger partial charge in [-0.05, 0) is 37.3 Å². The van der Waals surface area contributed by atoms with Gasteiger partial charge in [-0.15, -0.1) is 0 Å². The van der Waals surface area contributed by atoms with Crippen molar-refractivity contribution in [2.24, 2.45) is 5.92 Å². The van der Waals surface area contributed by atoms with Gasteiger partial charge in [-0.3, -0.25) is 9.69 Å². The van der Waals surface area contributed by atoms with Crippen LogP contribution >= 0.6 is 11.6 Å². The minimum Gasteiger partial charge on any atom is -0.494 e. The molecule has 2 aliphatic rings. The molecule has 4 rings (SSSR count). The molecule has 2 heterocycles. The lowest BCUT2D eigenvalue weighted by molar-refractivity contribution is -0.122. The Morgan fingerprint density at radius 3 is 2.54 bits per heavy atom. The maximum atomic E-state index is 13.0. The van der Waals surface area contributed by atoms with E-state index in [0.717, 1.165) is 32.2 Å². The number of carbonyl (C=O) groups is 1. The summed E-state index contributed by atoms with van der Waals surface area (Å²) in [4.78, 5) is 15.5. The van der Waals surface area contributed by atoms with Crippen molar-refractivity contribution in [2.45, 2.75) is 44.3 Å². The SMILES string of the molecule is COc1cc(N)c(Cl)cc1NC(=O)C1CC2CCC(C1)N2Cc1ccccc1. The average Bonchev–Trinajstić information content (AvgIpc) is 2.92. The number of nitrogens with zero attached hydrogens (tertiary/aromatic N) is 1. The second-order valence-corrected chi connectivity index (χ2v) is 8.18. The first-order valence-electron chi connectivity index (χ1n) is 9.78. The predicted molar refractivity (Wildman–Crippen MR) is 113 cm³/mol. The van der Waals surface area contributed by atoms with Gasteiger partial charge in [0, 0.05) is 30.6 Å². The van der Waals surface area contributed by atoms with E-state index in [2.05, 4.69) is 34.5 Å². The fraction of sp³-hybridized carbons (Fsp3) is 0.409. The number of nitrogens with one attached hydrogen (secondary N) is 1. The Hall–Kier alpha value is -2.24. The molecule has 2 atom stereocenters. The normalized spacial score (nSPS) is 24.1. The number of amides is 1. The molecule has 3 N–H and O–H groups in total. The molecule has 28 heavy (non-hydrogen) atoms. The minimum absolute atomic E-state index is 0.00515. The molecule has 1 amide bonds. The quantitative estimate of drug-likeness (QED) is 0.735. The summed E-state index contributed by atoms with van der Waals surface area (Å²) >= 11 is 6.13. The highest BCUT2D eigenvalue weighted by Crippen LogP contribution is 2.40. The van der Waals surface area contributed by atoms with Gasteiger partial charge in [0.15, 0.2) is 0 Å². The zero-order valence-corrected chi connectivity index (χ0v) is 16.8. The van der Waals surface area contributed by atoms with Gasteiger partial charge in [0.2, 0.25) is 5.91 Å². The average molecular weight is 400 g/mol. The Bertz CT molecular complexity index is 844. The molecule has 2 aromatic carbocycles.